The molecule has 0 bridgehead atoms. The van der Waals surface area contributed by atoms with Crippen LogP contribution in [0.15, 0.2) is 36.5 Å². The number of aliphatic carboxylic acids is 1. The molecule has 0 saturated heterocycles. The quantitative estimate of drug-likeness (QED) is 0.367. The number of aromatic nitrogens is 2. The normalized spacial score (nSPS) is 11.0. The summed E-state index contributed by atoms with van der Waals surface area (Å²) in [6.07, 6.45) is 1.18. The van der Waals surface area contributed by atoms with Crippen molar-refractivity contribution < 1.29 is 28.2 Å². The Morgan fingerprint density at radius 1 is 1.21 bits per heavy atom. The van der Waals surface area contributed by atoms with Crippen LogP contribution in [-0.4, -0.2) is 33.4 Å². The maximum atomic E-state index is 13.6. The minimum absolute atomic E-state index is 0.00582. The third kappa shape index (κ3) is 6.03. The third-order valence-corrected chi connectivity index (χ3v) is 5.52. The molecule has 0 spiro atoms. The van der Waals surface area contributed by atoms with Gasteiger partial charge in [-0.15, -0.1) is 0 Å². The van der Waals surface area contributed by atoms with Gasteiger partial charge in [0.2, 0.25) is 0 Å². The number of hydrogen-bond acceptors (Lipinski definition) is 4. The summed E-state index contributed by atoms with van der Waals surface area (Å²) in [6, 6.07) is 6.23. The van der Waals surface area contributed by atoms with Crippen LogP contribution < -0.4 is 10.1 Å². The second kappa shape index (κ2) is 10.8. The van der Waals surface area contributed by atoms with Crippen LogP contribution >= 0.6 is 23.2 Å². The van der Waals surface area contributed by atoms with Crippen molar-refractivity contribution in [1.29, 1.82) is 0 Å². The molecule has 2 N–H and O–H groups in total. The van der Waals surface area contributed by atoms with Crippen molar-refractivity contribution in [3.05, 3.63) is 75.0 Å². The molecule has 7 nitrogen and oxygen atoms in total. The summed E-state index contributed by atoms with van der Waals surface area (Å²) in [6.45, 7) is 3.94. The molecule has 0 unspecified atom stereocenters. The number of rotatable bonds is 9. The molecule has 2 aromatic carbocycles. The molecule has 0 aliphatic carbocycles. The number of hydrogen-bond donors (Lipinski definition) is 2. The number of nitrogens with zero attached hydrogens (tertiary/aromatic N) is 2. The SMILES string of the molecule is CC(C)c1c(C(=O)Nc2cc(CC(=O)O)ccc2Cl)cnn1CCOc1cc(F)cc(F)c1Cl. The van der Waals surface area contributed by atoms with Crippen LogP contribution in [0.2, 0.25) is 10.0 Å². The molecule has 1 aromatic heterocycles. The fraction of sp³-hybridized carbons (Fsp3) is 0.261. The highest BCUT2D eigenvalue weighted by Crippen LogP contribution is 2.29. The molecule has 3 rings (SSSR count). The molecular weight excluding hydrogens is 491 g/mol. The van der Waals surface area contributed by atoms with Gasteiger partial charge in [-0.2, -0.15) is 5.10 Å². The number of carbonyl (C=O) groups excluding carboxylic acids is 1. The Kier molecular flexibility index (Phi) is 8.11. The van der Waals surface area contributed by atoms with Crippen molar-refractivity contribution in [3.8, 4) is 5.75 Å². The second-order valence-electron chi connectivity index (χ2n) is 7.71. The van der Waals surface area contributed by atoms with Gasteiger partial charge in [0.25, 0.3) is 5.91 Å². The summed E-state index contributed by atoms with van der Waals surface area (Å²) >= 11 is 12.0. The Morgan fingerprint density at radius 2 is 1.94 bits per heavy atom. The van der Waals surface area contributed by atoms with Crippen LogP contribution in [0.3, 0.4) is 0 Å². The van der Waals surface area contributed by atoms with E-state index in [1.54, 1.807) is 10.7 Å². The van der Waals surface area contributed by atoms with Crippen molar-refractivity contribution in [2.45, 2.75) is 32.7 Å². The van der Waals surface area contributed by atoms with E-state index in [1.807, 2.05) is 13.8 Å². The highest BCUT2D eigenvalue weighted by Gasteiger charge is 2.21. The Bertz CT molecular complexity index is 1230. The van der Waals surface area contributed by atoms with Gasteiger partial charge in [-0.1, -0.05) is 43.1 Å². The lowest BCUT2D eigenvalue weighted by Crippen LogP contribution is -2.18. The highest BCUT2D eigenvalue weighted by atomic mass is 35.5. The van der Waals surface area contributed by atoms with E-state index >= 15 is 0 Å². The summed E-state index contributed by atoms with van der Waals surface area (Å²) in [7, 11) is 0. The van der Waals surface area contributed by atoms with Gasteiger partial charge in [0, 0.05) is 12.1 Å². The molecule has 11 heteroatoms. The van der Waals surface area contributed by atoms with Gasteiger partial charge in [-0.05, 0) is 23.6 Å². The van der Waals surface area contributed by atoms with Crippen LogP contribution in [-0.2, 0) is 17.8 Å². The van der Waals surface area contributed by atoms with E-state index in [9.17, 15) is 18.4 Å². The lowest BCUT2D eigenvalue weighted by molar-refractivity contribution is -0.136. The zero-order valence-corrected chi connectivity index (χ0v) is 19.8. The number of amides is 1. The molecule has 0 fully saturated rings. The fourth-order valence-electron chi connectivity index (χ4n) is 3.38. The number of carboxylic acid groups (broad SMARTS) is 1. The summed E-state index contributed by atoms with van der Waals surface area (Å²) in [5.74, 6) is -3.46. The van der Waals surface area contributed by atoms with Gasteiger partial charge in [0.15, 0.2) is 0 Å². The number of nitrogens with one attached hydrogen (secondary N) is 1. The molecule has 0 atom stereocenters. The van der Waals surface area contributed by atoms with E-state index < -0.39 is 23.5 Å². The first-order valence-corrected chi connectivity index (χ1v) is 11.0. The summed E-state index contributed by atoms with van der Waals surface area (Å²) in [4.78, 5) is 24.0. The zero-order valence-electron chi connectivity index (χ0n) is 18.2. The molecule has 3 aromatic rings. The smallest absolute Gasteiger partial charge is 0.307 e. The molecule has 0 aliphatic heterocycles. The number of carbonyl (C=O) groups is 2. The molecule has 0 radical (unpaired) electrons. The van der Waals surface area contributed by atoms with Crippen LogP contribution in [0.25, 0.3) is 0 Å². The van der Waals surface area contributed by atoms with Crippen molar-refractivity contribution in [2.24, 2.45) is 0 Å². The van der Waals surface area contributed by atoms with Crippen LogP contribution in [0.1, 0.15) is 41.4 Å². The maximum absolute atomic E-state index is 13.6. The van der Waals surface area contributed by atoms with E-state index in [1.165, 1.54) is 18.3 Å². The van der Waals surface area contributed by atoms with Crippen LogP contribution in [0.4, 0.5) is 14.5 Å². The van der Waals surface area contributed by atoms with Crippen molar-refractivity contribution in [3.63, 3.8) is 0 Å². The van der Waals surface area contributed by atoms with Gasteiger partial charge in [0.05, 0.1) is 41.1 Å². The molecule has 0 saturated carbocycles. The number of halogens is 4. The average molecular weight is 512 g/mol. The largest absolute Gasteiger partial charge is 0.490 e. The minimum Gasteiger partial charge on any atom is -0.490 e. The predicted molar refractivity (Wildman–Crippen MR) is 124 cm³/mol. The Hall–Kier alpha value is -3.17. The maximum Gasteiger partial charge on any atom is 0.307 e. The van der Waals surface area contributed by atoms with Gasteiger partial charge in [0.1, 0.15) is 29.0 Å². The predicted octanol–water partition coefficient (Wildman–Crippen LogP) is 5.55. The molecule has 180 valence electrons. The standard InChI is InChI=1S/C23H21Cl2F2N3O4/c1-12(2)22-15(23(33)29-18-7-13(8-20(31)32)3-4-16(18)24)11-28-30(22)5-6-34-19-10-14(26)9-17(27)21(19)25/h3-4,7,9-12H,5-6,8H2,1-2H3,(H,29,33)(H,31,32). The van der Waals surface area contributed by atoms with Crippen LogP contribution in [0, 0.1) is 11.6 Å². The zero-order chi connectivity index (χ0) is 25.0. The van der Waals surface area contributed by atoms with Crippen molar-refractivity contribution in [1.82, 2.24) is 9.78 Å². The van der Waals surface area contributed by atoms with Crippen LogP contribution in [0.5, 0.6) is 5.75 Å². The Morgan fingerprint density at radius 3 is 2.62 bits per heavy atom. The van der Waals surface area contributed by atoms with E-state index in [4.69, 9.17) is 33.0 Å². The minimum atomic E-state index is -1.01. The number of ether oxygens (including phenoxy) is 1. The van der Waals surface area contributed by atoms with Gasteiger partial charge in [-0.3, -0.25) is 14.3 Å². The molecule has 0 aliphatic rings. The number of anilines is 1. The van der Waals surface area contributed by atoms with E-state index in [0.717, 1.165) is 6.07 Å². The Labute approximate surface area is 204 Å². The third-order valence-electron chi connectivity index (χ3n) is 4.83. The second-order valence-corrected chi connectivity index (χ2v) is 8.49. The number of benzene rings is 2. The average Bonchev–Trinajstić information content (AvgIpc) is 3.18. The Balaban J connectivity index is 1.76. The highest BCUT2D eigenvalue weighted by molar-refractivity contribution is 6.34. The van der Waals surface area contributed by atoms with Gasteiger partial charge in [-0.25, -0.2) is 8.78 Å². The van der Waals surface area contributed by atoms with E-state index in [-0.39, 0.29) is 47.0 Å². The van der Waals surface area contributed by atoms with Crippen molar-refractivity contribution >= 4 is 40.8 Å². The van der Waals surface area contributed by atoms with Gasteiger partial charge < -0.3 is 15.2 Å². The summed E-state index contributed by atoms with van der Waals surface area (Å²) in [5, 5.41) is 15.9. The summed E-state index contributed by atoms with van der Waals surface area (Å²) < 4.78 is 34.0. The first-order valence-electron chi connectivity index (χ1n) is 10.2. The monoisotopic (exact) mass is 511 g/mol. The van der Waals surface area contributed by atoms with Crippen molar-refractivity contribution in [2.75, 3.05) is 11.9 Å². The summed E-state index contributed by atoms with van der Waals surface area (Å²) in [5.41, 5.74) is 1.66. The van der Waals surface area contributed by atoms with E-state index in [0.29, 0.717) is 22.9 Å². The fourth-order valence-corrected chi connectivity index (χ4v) is 3.71. The van der Waals surface area contributed by atoms with E-state index in [2.05, 4.69) is 10.4 Å². The molecule has 34 heavy (non-hydrogen) atoms. The van der Waals surface area contributed by atoms with Gasteiger partial charge >= 0.3 is 5.97 Å². The first-order chi connectivity index (χ1) is 16.1. The molecule has 1 amide bonds. The number of carboxylic acids is 1. The lowest BCUT2D eigenvalue weighted by Gasteiger charge is -2.14. The molecule has 1 heterocycles. The first kappa shape index (κ1) is 25.5. The molecular formula is C23H21Cl2F2N3O4. The topological polar surface area (TPSA) is 93.5 Å². The lowest BCUT2D eigenvalue weighted by atomic mass is 10.0.